The Morgan fingerprint density at radius 3 is 2.67 bits per heavy atom. The molecule has 5 rings (SSSR count). The normalized spacial score (nSPS) is 15.3. The monoisotopic (exact) mass is 451 g/mol. The molecule has 33 heavy (non-hydrogen) atoms. The Balaban J connectivity index is 1.61. The summed E-state index contributed by atoms with van der Waals surface area (Å²) in [6.45, 7) is 10.9. The number of nitrogens with zero attached hydrogens (tertiary/aromatic N) is 6. The van der Waals surface area contributed by atoms with E-state index in [9.17, 15) is 0 Å². The summed E-state index contributed by atoms with van der Waals surface area (Å²) in [4.78, 5) is 16.7. The van der Waals surface area contributed by atoms with Gasteiger partial charge >= 0.3 is 0 Å². The molecule has 0 radical (unpaired) electrons. The van der Waals surface area contributed by atoms with Gasteiger partial charge in [-0.2, -0.15) is 5.10 Å². The summed E-state index contributed by atoms with van der Waals surface area (Å²) in [5.74, 6) is 0.895. The topological polar surface area (TPSA) is 74.6 Å². The van der Waals surface area contributed by atoms with E-state index in [1.54, 1.807) is 17.8 Å². The second kappa shape index (κ2) is 8.62. The largest absolute Gasteiger partial charge is 0.493 e. The zero-order valence-electron chi connectivity index (χ0n) is 19.6. The van der Waals surface area contributed by atoms with Gasteiger partial charge in [0, 0.05) is 43.3 Å². The average molecular weight is 452 g/mol. The maximum Gasteiger partial charge on any atom is 0.197 e. The van der Waals surface area contributed by atoms with Gasteiger partial charge in [-0.3, -0.25) is 4.90 Å². The number of H-pyrrole nitrogens is 1. The van der Waals surface area contributed by atoms with Gasteiger partial charge in [-0.15, -0.1) is 0 Å². The first-order chi connectivity index (χ1) is 16.0. The van der Waals surface area contributed by atoms with Crippen LogP contribution in [-0.4, -0.2) is 69.3 Å². The third-order valence-corrected chi connectivity index (χ3v) is 6.44. The van der Waals surface area contributed by atoms with E-state index in [1.165, 1.54) is 6.33 Å². The molecule has 1 saturated heterocycles. The molecule has 0 spiro atoms. The van der Waals surface area contributed by atoms with Crippen molar-refractivity contribution in [2.24, 2.45) is 0 Å². The van der Waals surface area contributed by atoms with Gasteiger partial charge in [-0.05, 0) is 30.5 Å². The molecular formula is C24H30FN7O. The van der Waals surface area contributed by atoms with E-state index in [0.29, 0.717) is 28.1 Å². The number of rotatable bonds is 6. The van der Waals surface area contributed by atoms with Gasteiger partial charge in [0.25, 0.3) is 0 Å². The van der Waals surface area contributed by atoms with Gasteiger partial charge in [0.1, 0.15) is 6.33 Å². The number of nitrogens with one attached hydrogen (secondary N) is 1. The van der Waals surface area contributed by atoms with Gasteiger partial charge in [-0.1, -0.05) is 20.8 Å². The van der Waals surface area contributed by atoms with E-state index < -0.39 is 0 Å². The Labute approximate surface area is 192 Å². The minimum absolute atomic E-state index is 0.0948. The minimum atomic E-state index is -0.253. The molecule has 1 N–H and O–H groups in total. The number of aromatic amines is 1. The molecule has 4 aromatic rings. The van der Waals surface area contributed by atoms with Crippen LogP contribution in [0.1, 0.15) is 38.7 Å². The summed E-state index contributed by atoms with van der Waals surface area (Å²) in [6, 6.07) is 1.92. The van der Waals surface area contributed by atoms with Crippen LogP contribution in [0.5, 0.6) is 5.75 Å². The summed E-state index contributed by atoms with van der Waals surface area (Å²) < 4.78 is 23.2. The number of aromatic nitrogens is 5. The molecule has 1 aliphatic rings. The highest BCUT2D eigenvalue weighted by molar-refractivity contribution is 5.93. The van der Waals surface area contributed by atoms with Crippen molar-refractivity contribution in [2.75, 3.05) is 44.7 Å². The highest BCUT2D eigenvalue weighted by Crippen LogP contribution is 2.39. The molecule has 0 aromatic carbocycles. The molecule has 0 atom stereocenters. The van der Waals surface area contributed by atoms with Crippen molar-refractivity contribution in [3.63, 3.8) is 0 Å². The molecule has 0 saturated carbocycles. The molecule has 8 nitrogen and oxygen atoms in total. The number of hydrogen-bond donors (Lipinski definition) is 1. The molecule has 1 aliphatic heterocycles. The third kappa shape index (κ3) is 3.70. The molecule has 0 aliphatic carbocycles. The van der Waals surface area contributed by atoms with Gasteiger partial charge in [-0.25, -0.2) is 18.9 Å². The van der Waals surface area contributed by atoms with Crippen LogP contribution >= 0.6 is 0 Å². The number of methoxy groups -OCH3 is 1. The zero-order chi connectivity index (χ0) is 23.1. The lowest BCUT2D eigenvalue weighted by molar-refractivity contribution is 0.257. The van der Waals surface area contributed by atoms with Gasteiger partial charge in [0.15, 0.2) is 23.0 Å². The van der Waals surface area contributed by atoms with Crippen LogP contribution in [0.25, 0.3) is 27.8 Å². The molecule has 0 amide bonds. The summed E-state index contributed by atoms with van der Waals surface area (Å²) in [5.41, 5.74) is 3.97. The van der Waals surface area contributed by atoms with Crippen molar-refractivity contribution >= 4 is 22.4 Å². The van der Waals surface area contributed by atoms with E-state index in [1.807, 2.05) is 12.3 Å². The fraction of sp³-hybridized carbons (Fsp3) is 0.458. The smallest absolute Gasteiger partial charge is 0.197 e. The maximum atomic E-state index is 16.0. The molecule has 0 bridgehead atoms. The summed E-state index contributed by atoms with van der Waals surface area (Å²) in [7, 11) is 1.61. The quantitative estimate of drug-likeness (QED) is 0.476. The fourth-order valence-corrected chi connectivity index (χ4v) is 4.87. The second-order valence-electron chi connectivity index (χ2n) is 8.91. The Hall–Kier alpha value is -3.20. The van der Waals surface area contributed by atoms with Crippen molar-refractivity contribution in [3.05, 3.63) is 36.2 Å². The van der Waals surface area contributed by atoms with Crippen LogP contribution in [0.3, 0.4) is 0 Å². The van der Waals surface area contributed by atoms with Crippen LogP contribution in [0.4, 0.5) is 10.2 Å². The average Bonchev–Trinajstić information content (AvgIpc) is 3.44. The molecule has 174 valence electrons. The summed E-state index contributed by atoms with van der Waals surface area (Å²) >= 11 is 0. The van der Waals surface area contributed by atoms with Crippen molar-refractivity contribution in [1.29, 1.82) is 0 Å². The van der Waals surface area contributed by atoms with E-state index in [4.69, 9.17) is 4.74 Å². The van der Waals surface area contributed by atoms with E-state index in [0.717, 1.165) is 56.0 Å². The summed E-state index contributed by atoms with van der Waals surface area (Å²) in [6.07, 6.45) is 6.27. The number of pyridine rings is 2. The van der Waals surface area contributed by atoms with Crippen LogP contribution in [0.15, 0.2) is 24.8 Å². The predicted molar refractivity (Wildman–Crippen MR) is 128 cm³/mol. The first-order valence-corrected chi connectivity index (χ1v) is 11.6. The number of anilines is 1. The standard InChI is InChI=1S/C24H30FN7O/c1-5-6-30-7-9-31(10-8-30)24-21(25)20-17(12-26-24)29-22(19(20)15(2)3)16-11-18(33-4)23-27-14-28-32(23)13-16/h11-15,29H,5-10H2,1-4H3. The number of hydrogen-bond acceptors (Lipinski definition) is 6. The number of piperazine rings is 1. The van der Waals surface area contributed by atoms with Gasteiger partial charge in [0.05, 0.1) is 24.5 Å². The van der Waals surface area contributed by atoms with Gasteiger partial charge < -0.3 is 14.6 Å². The molecule has 0 unspecified atom stereocenters. The lowest BCUT2D eigenvalue weighted by Crippen LogP contribution is -2.47. The molecule has 4 aromatic heterocycles. The Morgan fingerprint density at radius 2 is 1.97 bits per heavy atom. The van der Waals surface area contributed by atoms with Crippen LogP contribution in [0, 0.1) is 5.82 Å². The van der Waals surface area contributed by atoms with Crippen molar-refractivity contribution < 1.29 is 9.13 Å². The lowest BCUT2D eigenvalue weighted by Gasteiger charge is -2.35. The lowest BCUT2D eigenvalue weighted by atomic mass is 9.96. The summed E-state index contributed by atoms with van der Waals surface area (Å²) in [5, 5.41) is 4.88. The van der Waals surface area contributed by atoms with E-state index >= 15 is 4.39 Å². The first-order valence-electron chi connectivity index (χ1n) is 11.6. The van der Waals surface area contributed by atoms with Crippen molar-refractivity contribution in [2.45, 2.75) is 33.1 Å². The first kappa shape index (κ1) is 21.6. The molecule has 9 heteroatoms. The highest BCUT2D eigenvalue weighted by Gasteiger charge is 2.26. The Morgan fingerprint density at radius 1 is 1.18 bits per heavy atom. The minimum Gasteiger partial charge on any atom is -0.493 e. The Bertz CT molecular complexity index is 1290. The molecule has 5 heterocycles. The SMILES string of the molecule is CCCN1CCN(c2ncc3[nH]c(-c4cc(OC)c5ncnn5c4)c(C(C)C)c3c2F)CC1. The molecule has 1 fully saturated rings. The number of halogens is 1. The third-order valence-electron chi connectivity index (χ3n) is 6.44. The zero-order valence-corrected chi connectivity index (χ0v) is 19.6. The maximum absolute atomic E-state index is 16.0. The highest BCUT2D eigenvalue weighted by atomic mass is 19.1. The predicted octanol–water partition coefficient (Wildman–Crippen LogP) is 4.08. The van der Waals surface area contributed by atoms with E-state index in [-0.39, 0.29) is 11.7 Å². The van der Waals surface area contributed by atoms with Crippen LogP contribution in [0.2, 0.25) is 0 Å². The number of ether oxygens (including phenoxy) is 1. The Kier molecular flexibility index (Phi) is 5.65. The van der Waals surface area contributed by atoms with E-state index in [2.05, 4.69) is 50.6 Å². The van der Waals surface area contributed by atoms with Gasteiger partial charge in [0.2, 0.25) is 0 Å². The second-order valence-corrected chi connectivity index (χ2v) is 8.91. The van der Waals surface area contributed by atoms with Crippen LogP contribution < -0.4 is 9.64 Å². The van der Waals surface area contributed by atoms with Crippen molar-refractivity contribution in [3.8, 4) is 17.0 Å². The van der Waals surface area contributed by atoms with Crippen LogP contribution in [-0.2, 0) is 0 Å². The fourth-order valence-electron chi connectivity index (χ4n) is 4.87. The number of fused-ring (bicyclic) bond motifs is 2. The molecular weight excluding hydrogens is 421 g/mol. The van der Waals surface area contributed by atoms with Crippen molar-refractivity contribution in [1.82, 2.24) is 29.5 Å².